The van der Waals surface area contributed by atoms with Crippen LogP contribution in [0.25, 0.3) is 0 Å². The number of thiophene rings is 1. The van der Waals surface area contributed by atoms with Gasteiger partial charge in [0.05, 0.1) is 23.1 Å². The predicted octanol–water partition coefficient (Wildman–Crippen LogP) is 5.71. The normalized spacial score (nSPS) is 21.2. The summed E-state index contributed by atoms with van der Waals surface area (Å²) in [5.41, 5.74) is 7.36. The number of Topliss-reactive ketones (excluding diaryl/α,β-unsaturated/α-hetero) is 1. The minimum absolute atomic E-state index is 0.0577. The highest BCUT2D eigenvalue weighted by molar-refractivity contribution is 7.08. The standard InChI is InChI=1S/C23H20F3N3OS/c1-22(2)9-17-20(18(30)10-22)19(13-6-7-31-12-13)16(11-27)21(28)29(17)15-5-3-4-14(8-15)23(24,25)26/h3-8,12,19H,9-10,28H2,1-2H3/t19-/m1/s1. The molecule has 8 heteroatoms. The zero-order valence-electron chi connectivity index (χ0n) is 17.0. The van der Waals surface area contributed by atoms with Gasteiger partial charge in [-0.05, 0) is 52.4 Å². The molecule has 1 aliphatic heterocycles. The number of carbonyl (C=O) groups excluding carboxylic acids is 1. The lowest BCUT2D eigenvalue weighted by molar-refractivity contribution is -0.137. The molecule has 0 fully saturated rings. The summed E-state index contributed by atoms with van der Waals surface area (Å²) in [5.74, 6) is -0.668. The summed E-state index contributed by atoms with van der Waals surface area (Å²) in [6.07, 6.45) is -3.79. The van der Waals surface area contributed by atoms with E-state index in [0.29, 0.717) is 24.1 Å². The van der Waals surface area contributed by atoms with Crippen LogP contribution in [-0.2, 0) is 11.0 Å². The third-order valence-electron chi connectivity index (χ3n) is 5.69. The van der Waals surface area contributed by atoms with Crippen LogP contribution in [0, 0.1) is 16.7 Å². The second-order valence-electron chi connectivity index (χ2n) is 8.59. The topological polar surface area (TPSA) is 70.1 Å². The minimum atomic E-state index is -4.53. The van der Waals surface area contributed by atoms with Crippen molar-refractivity contribution >= 4 is 22.8 Å². The van der Waals surface area contributed by atoms with Crippen LogP contribution in [0.2, 0.25) is 0 Å². The van der Waals surface area contributed by atoms with Crippen molar-refractivity contribution in [1.82, 2.24) is 0 Å². The van der Waals surface area contributed by atoms with Gasteiger partial charge in [-0.15, -0.1) is 0 Å². The van der Waals surface area contributed by atoms with Crippen LogP contribution in [0.15, 0.2) is 63.8 Å². The lowest BCUT2D eigenvalue weighted by Crippen LogP contribution is -2.42. The van der Waals surface area contributed by atoms with E-state index in [9.17, 15) is 23.2 Å². The molecule has 1 atom stereocenters. The van der Waals surface area contributed by atoms with E-state index in [2.05, 4.69) is 6.07 Å². The van der Waals surface area contributed by atoms with Gasteiger partial charge in [-0.1, -0.05) is 19.9 Å². The van der Waals surface area contributed by atoms with E-state index in [1.807, 2.05) is 30.7 Å². The fraction of sp³-hybridized carbons (Fsp3) is 0.304. The molecule has 1 aromatic heterocycles. The third-order valence-corrected chi connectivity index (χ3v) is 6.39. The van der Waals surface area contributed by atoms with E-state index in [0.717, 1.165) is 17.7 Å². The lowest BCUT2D eigenvalue weighted by atomic mass is 9.69. The summed E-state index contributed by atoms with van der Waals surface area (Å²) in [6.45, 7) is 3.89. The Balaban J connectivity index is 1.98. The number of ketones is 1. The van der Waals surface area contributed by atoms with Crippen LogP contribution in [0.1, 0.15) is 43.7 Å². The van der Waals surface area contributed by atoms with Gasteiger partial charge in [0.1, 0.15) is 5.82 Å². The van der Waals surface area contributed by atoms with Crippen LogP contribution in [0.3, 0.4) is 0 Å². The summed E-state index contributed by atoms with van der Waals surface area (Å²) < 4.78 is 40.1. The molecule has 1 aliphatic carbocycles. The molecule has 0 unspecified atom stereocenters. The molecule has 0 spiro atoms. The van der Waals surface area contributed by atoms with Gasteiger partial charge in [-0.25, -0.2) is 0 Å². The summed E-state index contributed by atoms with van der Waals surface area (Å²) in [6, 6.07) is 8.77. The number of allylic oxidation sites excluding steroid dienone is 3. The molecular weight excluding hydrogens is 423 g/mol. The summed E-state index contributed by atoms with van der Waals surface area (Å²) in [5, 5.41) is 13.7. The highest BCUT2D eigenvalue weighted by Crippen LogP contribution is 2.50. The van der Waals surface area contributed by atoms with Crippen molar-refractivity contribution in [2.45, 2.75) is 38.8 Å². The Morgan fingerprint density at radius 2 is 2.00 bits per heavy atom. The molecule has 4 nitrogen and oxygen atoms in total. The molecule has 2 N–H and O–H groups in total. The number of nitrogens with zero attached hydrogens (tertiary/aromatic N) is 2. The van der Waals surface area contributed by atoms with Gasteiger partial charge in [0.2, 0.25) is 0 Å². The van der Waals surface area contributed by atoms with Crippen molar-refractivity contribution in [3.05, 3.63) is 74.9 Å². The van der Waals surface area contributed by atoms with Crippen LogP contribution in [0.5, 0.6) is 0 Å². The maximum absolute atomic E-state index is 13.4. The number of hydrogen-bond donors (Lipinski definition) is 1. The van der Waals surface area contributed by atoms with Crippen LogP contribution >= 0.6 is 11.3 Å². The minimum Gasteiger partial charge on any atom is -0.384 e. The molecule has 160 valence electrons. The molecule has 31 heavy (non-hydrogen) atoms. The summed E-state index contributed by atoms with van der Waals surface area (Å²) in [4.78, 5) is 14.8. The Bertz CT molecular complexity index is 1150. The number of hydrogen-bond acceptors (Lipinski definition) is 5. The second-order valence-corrected chi connectivity index (χ2v) is 9.37. The van der Waals surface area contributed by atoms with E-state index in [1.165, 1.54) is 28.4 Å². The van der Waals surface area contributed by atoms with Crippen molar-refractivity contribution in [2.75, 3.05) is 4.90 Å². The Morgan fingerprint density at radius 3 is 2.61 bits per heavy atom. The van der Waals surface area contributed by atoms with Gasteiger partial charge in [-0.2, -0.15) is 29.8 Å². The molecule has 0 saturated heterocycles. The number of alkyl halides is 3. The SMILES string of the molecule is CC1(C)CC(=O)C2=C(C1)N(c1cccc(C(F)(F)F)c1)C(N)=C(C#N)[C@H]2c1ccsc1. The van der Waals surface area contributed by atoms with Gasteiger partial charge < -0.3 is 5.73 Å². The first-order chi connectivity index (χ1) is 14.5. The molecule has 2 aliphatic rings. The molecule has 2 aromatic rings. The Labute approximate surface area is 182 Å². The van der Waals surface area contributed by atoms with Crippen LogP contribution in [0.4, 0.5) is 18.9 Å². The number of nitriles is 1. The average molecular weight is 443 g/mol. The van der Waals surface area contributed by atoms with Gasteiger partial charge in [0.25, 0.3) is 0 Å². The van der Waals surface area contributed by atoms with Crippen molar-refractivity contribution in [2.24, 2.45) is 11.1 Å². The molecule has 2 heterocycles. The zero-order chi connectivity index (χ0) is 22.6. The molecule has 0 amide bonds. The maximum Gasteiger partial charge on any atom is 0.416 e. The van der Waals surface area contributed by atoms with Crippen molar-refractivity contribution in [3.63, 3.8) is 0 Å². The van der Waals surface area contributed by atoms with Gasteiger partial charge in [-0.3, -0.25) is 9.69 Å². The number of nitrogens with two attached hydrogens (primary N) is 1. The Morgan fingerprint density at radius 1 is 1.26 bits per heavy atom. The quantitative estimate of drug-likeness (QED) is 0.646. The fourth-order valence-corrected chi connectivity index (χ4v) is 5.08. The van der Waals surface area contributed by atoms with E-state index < -0.39 is 17.7 Å². The number of carbonyl (C=O) groups is 1. The fourth-order valence-electron chi connectivity index (χ4n) is 4.40. The van der Waals surface area contributed by atoms with Crippen molar-refractivity contribution in [1.29, 1.82) is 5.26 Å². The predicted molar refractivity (Wildman–Crippen MR) is 113 cm³/mol. The number of halogens is 3. The number of benzene rings is 1. The number of rotatable bonds is 2. The highest BCUT2D eigenvalue weighted by Gasteiger charge is 2.45. The number of anilines is 1. The Kier molecular flexibility index (Phi) is 4.97. The molecule has 1 aromatic carbocycles. The first-order valence-corrected chi connectivity index (χ1v) is 10.6. The Hall–Kier alpha value is -3.05. The highest BCUT2D eigenvalue weighted by atomic mass is 32.1. The van der Waals surface area contributed by atoms with Crippen molar-refractivity contribution in [3.8, 4) is 6.07 Å². The summed E-state index contributed by atoms with van der Waals surface area (Å²) in [7, 11) is 0. The third kappa shape index (κ3) is 3.63. The monoisotopic (exact) mass is 443 g/mol. The first kappa shape index (κ1) is 21.2. The largest absolute Gasteiger partial charge is 0.416 e. The molecule has 0 bridgehead atoms. The van der Waals surface area contributed by atoms with Crippen LogP contribution in [-0.4, -0.2) is 5.78 Å². The van der Waals surface area contributed by atoms with Gasteiger partial charge >= 0.3 is 6.18 Å². The van der Waals surface area contributed by atoms with Gasteiger partial charge in [0.15, 0.2) is 5.78 Å². The van der Waals surface area contributed by atoms with Crippen LogP contribution < -0.4 is 10.6 Å². The van der Waals surface area contributed by atoms with E-state index >= 15 is 0 Å². The molecule has 4 rings (SSSR count). The maximum atomic E-state index is 13.4. The molecule has 0 radical (unpaired) electrons. The van der Waals surface area contributed by atoms with Crippen molar-refractivity contribution < 1.29 is 18.0 Å². The molecule has 0 saturated carbocycles. The average Bonchev–Trinajstić information content (AvgIpc) is 3.20. The zero-order valence-corrected chi connectivity index (χ0v) is 17.8. The van der Waals surface area contributed by atoms with Gasteiger partial charge in [0, 0.05) is 23.4 Å². The summed E-state index contributed by atoms with van der Waals surface area (Å²) >= 11 is 1.44. The lowest BCUT2D eigenvalue weighted by Gasteiger charge is -2.43. The first-order valence-electron chi connectivity index (χ1n) is 9.69. The van der Waals surface area contributed by atoms with E-state index in [-0.39, 0.29) is 28.3 Å². The smallest absolute Gasteiger partial charge is 0.384 e. The second kappa shape index (κ2) is 7.27. The molecular formula is C23H20F3N3OS. The van der Waals surface area contributed by atoms with E-state index in [1.54, 1.807) is 0 Å². The van der Waals surface area contributed by atoms with E-state index in [4.69, 9.17) is 5.73 Å².